The van der Waals surface area contributed by atoms with Crippen molar-refractivity contribution in [2.45, 2.75) is 44.2 Å². The van der Waals surface area contributed by atoms with Gasteiger partial charge >= 0.3 is 0 Å². The van der Waals surface area contributed by atoms with E-state index >= 15 is 0 Å². The van der Waals surface area contributed by atoms with E-state index in [0.717, 1.165) is 23.9 Å². The van der Waals surface area contributed by atoms with Crippen LogP contribution in [0.25, 0.3) is 0 Å². The number of likely N-dealkylation sites (N-methyl/N-ethyl adjacent to an activating group) is 1. The molecule has 1 aromatic rings. The summed E-state index contributed by atoms with van der Waals surface area (Å²) in [6.07, 6.45) is 5.41. The van der Waals surface area contributed by atoms with Crippen molar-refractivity contribution in [1.82, 2.24) is 14.7 Å². The molecule has 1 saturated carbocycles. The predicted molar refractivity (Wildman–Crippen MR) is 82.7 cm³/mol. The zero-order chi connectivity index (χ0) is 16.3. The molecule has 2 rings (SSSR count). The number of aromatic nitrogens is 2. The van der Waals surface area contributed by atoms with Crippen LogP contribution in [0.3, 0.4) is 0 Å². The molecule has 1 aliphatic carbocycles. The summed E-state index contributed by atoms with van der Waals surface area (Å²) in [5.74, 6) is -0.351. The first-order valence-corrected chi connectivity index (χ1v) is 7.76. The standard InChI is InChI=1S/C14H16Cl2N4O2/c1-19(14(9-17)5-3-2-4-6-14)11(21)8-20-13(22)12(16)10(15)7-18-20/h7H,2-6,8H2,1H3. The Morgan fingerprint density at radius 1 is 1.45 bits per heavy atom. The van der Waals surface area contributed by atoms with E-state index in [0.29, 0.717) is 12.8 Å². The number of amides is 1. The fraction of sp³-hybridized carbons (Fsp3) is 0.571. The van der Waals surface area contributed by atoms with Gasteiger partial charge in [-0.3, -0.25) is 9.59 Å². The number of nitrogens with zero attached hydrogens (tertiary/aromatic N) is 4. The Morgan fingerprint density at radius 2 is 2.09 bits per heavy atom. The van der Waals surface area contributed by atoms with Crippen LogP contribution < -0.4 is 5.56 Å². The smallest absolute Gasteiger partial charge is 0.287 e. The summed E-state index contributed by atoms with van der Waals surface area (Å²) in [6, 6.07) is 2.27. The highest BCUT2D eigenvalue weighted by molar-refractivity contribution is 6.41. The van der Waals surface area contributed by atoms with Crippen molar-refractivity contribution in [1.29, 1.82) is 5.26 Å². The van der Waals surface area contributed by atoms with E-state index in [1.165, 1.54) is 11.1 Å². The van der Waals surface area contributed by atoms with Gasteiger partial charge < -0.3 is 4.90 Å². The van der Waals surface area contributed by atoms with Gasteiger partial charge in [0.1, 0.15) is 17.1 Å². The molecular weight excluding hydrogens is 327 g/mol. The molecule has 1 heterocycles. The minimum absolute atomic E-state index is 0.0458. The lowest BCUT2D eigenvalue weighted by atomic mass is 9.81. The van der Waals surface area contributed by atoms with Crippen LogP contribution >= 0.6 is 23.2 Å². The maximum absolute atomic E-state index is 12.4. The summed E-state index contributed by atoms with van der Waals surface area (Å²) in [5, 5.41) is 13.2. The molecule has 0 unspecified atom stereocenters. The molecule has 0 bridgehead atoms. The molecule has 0 spiro atoms. The molecule has 1 aromatic heterocycles. The average molecular weight is 343 g/mol. The van der Waals surface area contributed by atoms with Crippen molar-refractivity contribution in [3.8, 4) is 6.07 Å². The molecule has 22 heavy (non-hydrogen) atoms. The van der Waals surface area contributed by atoms with E-state index in [4.69, 9.17) is 23.2 Å². The van der Waals surface area contributed by atoms with Gasteiger partial charge in [0.05, 0.1) is 17.3 Å². The number of rotatable bonds is 3. The topological polar surface area (TPSA) is 79.0 Å². The largest absolute Gasteiger partial charge is 0.325 e. The van der Waals surface area contributed by atoms with Gasteiger partial charge in [0.2, 0.25) is 5.91 Å². The number of halogens is 2. The first-order chi connectivity index (χ1) is 10.4. The number of hydrogen-bond donors (Lipinski definition) is 0. The van der Waals surface area contributed by atoms with Gasteiger partial charge in [0.25, 0.3) is 5.56 Å². The van der Waals surface area contributed by atoms with Gasteiger partial charge in [-0.05, 0) is 12.8 Å². The number of nitriles is 1. The molecule has 0 atom stereocenters. The molecule has 0 aromatic carbocycles. The number of carbonyl (C=O) groups excluding carboxylic acids is 1. The Hall–Kier alpha value is -1.58. The Kier molecular flexibility index (Phi) is 5.09. The first kappa shape index (κ1) is 16.8. The molecule has 0 aliphatic heterocycles. The fourth-order valence-electron chi connectivity index (χ4n) is 2.69. The van der Waals surface area contributed by atoms with Crippen LogP contribution in [0.4, 0.5) is 0 Å². The van der Waals surface area contributed by atoms with Crippen LogP contribution in [-0.2, 0) is 11.3 Å². The van der Waals surface area contributed by atoms with Gasteiger partial charge in [-0.1, -0.05) is 42.5 Å². The first-order valence-electron chi connectivity index (χ1n) is 7.00. The van der Waals surface area contributed by atoms with Crippen LogP contribution in [0, 0.1) is 11.3 Å². The normalized spacial score (nSPS) is 16.8. The fourth-order valence-corrected chi connectivity index (χ4v) is 2.96. The van der Waals surface area contributed by atoms with Crippen LogP contribution in [0.2, 0.25) is 10.0 Å². The van der Waals surface area contributed by atoms with Crippen molar-refractivity contribution in [2.75, 3.05) is 7.05 Å². The highest BCUT2D eigenvalue weighted by Crippen LogP contribution is 2.32. The predicted octanol–water partition coefficient (Wildman–Crippen LogP) is 2.23. The second-order valence-electron chi connectivity index (χ2n) is 5.43. The van der Waals surface area contributed by atoms with Gasteiger partial charge in [0.15, 0.2) is 0 Å². The summed E-state index contributed by atoms with van der Waals surface area (Å²) < 4.78 is 0.959. The summed E-state index contributed by atoms with van der Waals surface area (Å²) in [5.41, 5.74) is -1.42. The van der Waals surface area contributed by atoms with Crippen molar-refractivity contribution >= 4 is 29.1 Å². The Labute approximate surface area is 138 Å². The Bertz CT molecular complexity index is 674. The van der Waals surface area contributed by atoms with Crippen molar-refractivity contribution in [3.05, 3.63) is 26.6 Å². The lowest BCUT2D eigenvalue weighted by Gasteiger charge is -2.39. The quantitative estimate of drug-likeness (QED) is 0.843. The maximum Gasteiger partial charge on any atom is 0.287 e. The summed E-state index contributed by atoms with van der Waals surface area (Å²) in [6.45, 7) is -0.268. The molecule has 1 aliphatic rings. The number of hydrogen-bond acceptors (Lipinski definition) is 4. The summed E-state index contributed by atoms with van der Waals surface area (Å²) >= 11 is 11.5. The summed E-state index contributed by atoms with van der Waals surface area (Å²) in [4.78, 5) is 25.8. The molecule has 1 amide bonds. The highest BCUT2D eigenvalue weighted by Gasteiger charge is 2.38. The van der Waals surface area contributed by atoms with E-state index in [-0.39, 0.29) is 22.5 Å². The van der Waals surface area contributed by atoms with Gasteiger partial charge in [-0.15, -0.1) is 0 Å². The zero-order valence-corrected chi connectivity index (χ0v) is 13.7. The van der Waals surface area contributed by atoms with Gasteiger partial charge in [-0.25, -0.2) is 4.68 Å². The molecule has 1 fully saturated rings. The second kappa shape index (κ2) is 6.67. The third-order valence-corrected chi connectivity index (χ3v) is 4.88. The van der Waals surface area contributed by atoms with E-state index in [1.54, 1.807) is 7.05 Å². The average Bonchev–Trinajstić information content (AvgIpc) is 2.55. The van der Waals surface area contributed by atoms with E-state index in [1.807, 2.05) is 0 Å². The van der Waals surface area contributed by atoms with Crippen LogP contribution in [0.15, 0.2) is 11.0 Å². The lowest BCUT2D eigenvalue weighted by Crippen LogP contribution is -2.51. The minimum Gasteiger partial charge on any atom is -0.325 e. The third-order valence-electron chi connectivity index (χ3n) is 4.13. The molecule has 8 heteroatoms. The molecule has 118 valence electrons. The Morgan fingerprint density at radius 3 is 2.68 bits per heavy atom. The minimum atomic E-state index is -0.796. The molecular formula is C14H16Cl2N4O2. The van der Waals surface area contributed by atoms with Crippen molar-refractivity contribution in [2.24, 2.45) is 0 Å². The van der Waals surface area contributed by atoms with E-state index in [9.17, 15) is 14.9 Å². The molecule has 0 N–H and O–H groups in total. The second-order valence-corrected chi connectivity index (χ2v) is 6.21. The summed E-state index contributed by atoms with van der Waals surface area (Å²) in [7, 11) is 1.60. The SMILES string of the molecule is CN(C(=O)Cn1ncc(Cl)c(Cl)c1=O)C1(C#N)CCCCC1. The van der Waals surface area contributed by atoms with E-state index < -0.39 is 11.1 Å². The third kappa shape index (κ3) is 3.11. The van der Waals surface area contributed by atoms with Crippen LogP contribution in [0.5, 0.6) is 0 Å². The lowest BCUT2D eigenvalue weighted by molar-refractivity contribution is -0.135. The van der Waals surface area contributed by atoms with E-state index in [2.05, 4.69) is 11.2 Å². The Balaban J connectivity index is 2.20. The van der Waals surface area contributed by atoms with Crippen molar-refractivity contribution in [3.63, 3.8) is 0 Å². The van der Waals surface area contributed by atoms with Crippen LogP contribution in [0.1, 0.15) is 32.1 Å². The molecule has 0 saturated heterocycles. The molecule has 6 nitrogen and oxygen atoms in total. The zero-order valence-electron chi connectivity index (χ0n) is 12.2. The number of carbonyl (C=O) groups is 1. The highest BCUT2D eigenvalue weighted by atomic mass is 35.5. The maximum atomic E-state index is 12.4. The molecule has 0 radical (unpaired) electrons. The monoisotopic (exact) mass is 342 g/mol. The van der Waals surface area contributed by atoms with Gasteiger partial charge in [-0.2, -0.15) is 10.4 Å². The van der Waals surface area contributed by atoms with Crippen LogP contribution in [-0.4, -0.2) is 33.2 Å². The van der Waals surface area contributed by atoms with Gasteiger partial charge in [0, 0.05) is 7.05 Å². The van der Waals surface area contributed by atoms with Crippen molar-refractivity contribution < 1.29 is 4.79 Å².